The first-order chi connectivity index (χ1) is 9.60. The maximum atomic E-state index is 11.4. The summed E-state index contributed by atoms with van der Waals surface area (Å²) in [5.41, 5.74) is 1.36. The molecular formula is C13H18N4O3. The van der Waals surface area contributed by atoms with Crippen LogP contribution in [-0.2, 0) is 4.79 Å². The summed E-state index contributed by atoms with van der Waals surface area (Å²) in [6, 6.07) is 4.74. The van der Waals surface area contributed by atoms with Crippen molar-refractivity contribution in [2.45, 2.75) is 12.8 Å². The van der Waals surface area contributed by atoms with Crippen molar-refractivity contribution >= 4 is 23.0 Å². The third kappa shape index (κ3) is 3.84. The van der Waals surface area contributed by atoms with Crippen molar-refractivity contribution in [3.63, 3.8) is 0 Å². The van der Waals surface area contributed by atoms with Gasteiger partial charge >= 0.3 is 0 Å². The number of nitro benzene ring substituents is 1. The quantitative estimate of drug-likeness (QED) is 0.400. The number of carbonyl (C=O) groups is 1. The molecule has 1 aliphatic carbocycles. The molecular weight excluding hydrogens is 260 g/mol. The normalized spacial score (nSPS) is 13.7. The molecule has 7 nitrogen and oxygen atoms in total. The molecule has 1 fully saturated rings. The van der Waals surface area contributed by atoms with E-state index in [1.165, 1.54) is 12.1 Å². The van der Waals surface area contributed by atoms with Crippen LogP contribution >= 0.6 is 0 Å². The third-order valence-corrected chi connectivity index (χ3v) is 3.12. The van der Waals surface area contributed by atoms with Crippen LogP contribution in [0.3, 0.4) is 0 Å². The Balaban J connectivity index is 1.86. The third-order valence-electron chi connectivity index (χ3n) is 3.12. The van der Waals surface area contributed by atoms with Crippen molar-refractivity contribution in [3.8, 4) is 0 Å². The number of amides is 1. The largest absolute Gasteiger partial charge is 0.388 e. The lowest BCUT2D eigenvalue weighted by atomic mass is 10.2. The van der Waals surface area contributed by atoms with E-state index in [0.717, 1.165) is 12.8 Å². The fraction of sp³-hybridized carbons (Fsp3) is 0.462. The number of carbonyl (C=O) groups excluding carboxylic acids is 1. The lowest BCUT2D eigenvalue weighted by Crippen LogP contribution is -2.29. The summed E-state index contributed by atoms with van der Waals surface area (Å²) in [6.07, 6.45) is 1.96. The molecule has 0 unspecified atom stereocenters. The average molecular weight is 278 g/mol. The molecule has 1 amide bonds. The first-order valence-electron chi connectivity index (χ1n) is 6.59. The molecule has 1 aromatic rings. The van der Waals surface area contributed by atoms with E-state index in [1.54, 1.807) is 13.1 Å². The number of hydrogen-bond acceptors (Lipinski definition) is 5. The Bertz CT molecular complexity index is 514. The Morgan fingerprint density at radius 2 is 2.00 bits per heavy atom. The molecule has 20 heavy (non-hydrogen) atoms. The molecule has 0 saturated heterocycles. The number of anilines is 2. The summed E-state index contributed by atoms with van der Waals surface area (Å²) >= 11 is 0. The molecule has 1 aromatic carbocycles. The summed E-state index contributed by atoms with van der Waals surface area (Å²) < 4.78 is 0. The van der Waals surface area contributed by atoms with Crippen molar-refractivity contribution in [2.75, 3.05) is 30.8 Å². The van der Waals surface area contributed by atoms with Crippen LogP contribution in [0.1, 0.15) is 12.8 Å². The fourth-order valence-electron chi connectivity index (χ4n) is 1.85. The molecule has 0 aromatic heterocycles. The first-order valence-corrected chi connectivity index (χ1v) is 6.59. The lowest BCUT2D eigenvalue weighted by Gasteiger charge is -2.09. The maximum absolute atomic E-state index is 11.4. The molecule has 0 spiro atoms. The van der Waals surface area contributed by atoms with Crippen molar-refractivity contribution in [1.29, 1.82) is 0 Å². The molecule has 7 heteroatoms. The van der Waals surface area contributed by atoms with Crippen LogP contribution in [0.2, 0.25) is 0 Å². The van der Waals surface area contributed by atoms with E-state index in [1.807, 2.05) is 0 Å². The Morgan fingerprint density at radius 3 is 2.60 bits per heavy atom. The number of non-ortho nitro benzene ring substituents is 1. The predicted molar refractivity (Wildman–Crippen MR) is 76.9 cm³/mol. The van der Waals surface area contributed by atoms with E-state index in [4.69, 9.17) is 0 Å². The Morgan fingerprint density at radius 1 is 1.30 bits per heavy atom. The van der Waals surface area contributed by atoms with Crippen LogP contribution in [-0.4, -0.2) is 31.0 Å². The molecule has 2 rings (SSSR count). The summed E-state index contributed by atoms with van der Waals surface area (Å²) in [6.45, 7) is 1.04. The van der Waals surface area contributed by atoms with E-state index in [0.29, 0.717) is 24.5 Å². The minimum Gasteiger partial charge on any atom is -0.388 e. The molecule has 0 atom stereocenters. The SMILES string of the molecule is CNc1cc(NCCNC(=O)C2CC2)cc([N+](=O)[O-])c1. The van der Waals surface area contributed by atoms with Crippen LogP contribution < -0.4 is 16.0 Å². The summed E-state index contributed by atoms with van der Waals surface area (Å²) in [4.78, 5) is 21.8. The molecule has 108 valence electrons. The second-order valence-electron chi connectivity index (χ2n) is 4.77. The zero-order chi connectivity index (χ0) is 14.5. The second-order valence-corrected chi connectivity index (χ2v) is 4.77. The molecule has 1 aliphatic rings. The highest BCUT2D eigenvalue weighted by atomic mass is 16.6. The molecule has 1 saturated carbocycles. The van der Waals surface area contributed by atoms with Gasteiger partial charge in [-0.15, -0.1) is 0 Å². The summed E-state index contributed by atoms with van der Waals surface area (Å²) in [5, 5.41) is 19.6. The zero-order valence-corrected chi connectivity index (χ0v) is 11.3. The van der Waals surface area contributed by atoms with E-state index >= 15 is 0 Å². The number of nitrogens with zero attached hydrogens (tertiary/aromatic N) is 1. The highest BCUT2D eigenvalue weighted by Crippen LogP contribution is 2.28. The van der Waals surface area contributed by atoms with Gasteiger partial charge in [0.2, 0.25) is 5.91 Å². The standard InChI is InChI=1S/C13H18N4O3/c1-14-10-6-11(8-12(7-10)17(19)20)15-4-5-16-13(18)9-2-3-9/h6-9,14-15H,2-5H2,1H3,(H,16,18). The topological polar surface area (TPSA) is 96.3 Å². The number of nitro groups is 1. The minimum absolute atomic E-state index is 0.0290. The van der Waals surface area contributed by atoms with Crippen molar-refractivity contribution in [2.24, 2.45) is 5.92 Å². The molecule has 0 heterocycles. The van der Waals surface area contributed by atoms with Gasteiger partial charge in [-0.2, -0.15) is 0 Å². The van der Waals surface area contributed by atoms with Crippen LogP contribution in [0.25, 0.3) is 0 Å². The van der Waals surface area contributed by atoms with Crippen LogP contribution in [0.4, 0.5) is 17.1 Å². The maximum Gasteiger partial charge on any atom is 0.273 e. The van der Waals surface area contributed by atoms with Crippen LogP contribution in [0, 0.1) is 16.0 Å². The summed E-state index contributed by atoms with van der Waals surface area (Å²) in [5.74, 6) is 0.297. The van der Waals surface area contributed by atoms with Gasteiger partial charge in [0.05, 0.1) is 4.92 Å². The minimum atomic E-state index is -0.430. The van der Waals surface area contributed by atoms with Gasteiger partial charge in [0.25, 0.3) is 5.69 Å². The van der Waals surface area contributed by atoms with Crippen molar-refractivity contribution in [1.82, 2.24) is 5.32 Å². The molecule has 0 aliphatic heterocycles. The van der Waals surface area contributed by atoms with E-state index in [2.05, 4.69) is 16.0 Å². The average Bonchev–Trinajstić information content (AvgIpc) is 3.27. The highest BCUT2D eigenvalue weighted by Gasteiger charge is 2.28. The lowest BCUT2D eigenvalue weighted by molar-refractivity contribution is -0.384. The number of hydrogen-bond donors (Lipinski definition) is 3. The number of rotatable bonds is 7. The monoisotopic (exact) mass is 278 g/mol. The number of nitrogens with one attached hydrogen (secondary N) is 3. The van der Waals surface area contributed by atoms with Gasteiger partial charge in [0, 0.05) is 49.6 Å². The first kappa shape index (κ1) is 14.1. The molecule has 3 N–H and O–H groups in total. The summed E-state index contributed by atoms with van der Waals surface area (Å²) in [7, 11) is 1.71. The van der Waals surface area contributed by atoms with Crippen molar-refractivity contribution in [3.05, 3.63) is 28.3 Å². The van der Waals surface area contributed by atoms with E-state index in [-0.39, 0.29) is 17.5 Å². The van der Waals surface area contributed by atoms with Gasteiger partial charge in [-0.25, -0.2) is 0 Å². The van der Waals surface area contributed by atoms with E-state index in [9.17, 15) is 14.9 Å². The fourth-order valence-corrected chi connectivity index (χ4v) is 1.85. The molecule has 0 radical (unpaired) electrons. The Kier molecular flexibility index (Phi) is 4.39. The zero-order valence-electron chi connectivity index (χ0n) is 11.3. The predicted octanol–water partition coefficient (Wildman–Crippen LogP) is 1.57. The Hall–Kier alpha value is -2.31. The smallest absolute Gasteiger partial charge is 0.273 e. The second kappa shape index (κ2) is 6.23. The highest BCUT2D eigenvalue weighted by molar-refractivity contribution is 5.80. The van der Waals surface area contributed by atoms with Crippen molar-refractivity contribution < 1.29 is 9.72 Å². The van der Waals surface area contributed by atoms with Gasteiger partial charge in [0.15, 0.2) is 0 Å². The van der Waals surface area contributed by atoms with Gasteiger partial charge in [-0.1, -0.05) is 0 Å². The Labute approximate surface area is 116 Å². The van der Waals surface area contributed by atoms with Gasteiger partial charge in [-0.3, -0.25) is 14.9 Å². The molecule has 0 bridgehead atoms. The van der Waals surface area contributed by atoms with Crippen LogP contribution in [0.15, 0.2) is 18.2 Å². The van der Waals surface area contributed by atoms with Gasteiger partial charge in [-0.05, 0) is 18.9 Å². The van der Waals surface area contributed by atoms with Gasteiger partial charge in [0.1, 0.15) is 0 Å². The van der Waals surface area contributed by atoms with E-state index < -0.39 is 4.92 Å². The van der Waals surface area contributed by atoms with Crippen LogP contribution in [0.5, 0.6) is 0 Å². The van der Waals surface area contributed by atoms with Gasteiger partial charge < -0.3 is 16.0 Å². The number of benzene rings is 1.